The second-order valence-electron chi connectivity index (χ2n) is 3.82. The van der Waals surface area contributed by atoms with Crippen LogP contribution in [-0.4, -0.2) is 26.8 Å². The van der Waals surface area contributed by atoms with Crippen molar-refractivity contribution in [3.63, 3.8) is 0 Å². The van der Waals surface area contributed by atoms with E-state index in [1.54, 1.807) is 0 Å². The summed E-state index contributed by atoms with van der Waals surface area (Å²) in [4.78, 5) is 28.5. The number of nitrogens with one attached hydrogen (secondary N) is 1. The molecule has 2 N–H and O–H groups in total. The van der Waals surface area contributed by atoms with Gasteiger partial charge < -0.3 is 10.1 Å². The van der Waals surface area contributed by atoms with E-state index < -0.39 is 11.5 Å². The summed E-state index contributed by atoms with van der Waals surface area (Å²) in [6, 6.07) is 9.97. The number of carboxylic acids is 1. The maximum Gasteiger partial charge on any atom is 0.342 e. The molecule has 0 saturated heterocycles. The van der Waals surface area contributed by atoms with Crippen LogP contribution in [0.2, 0.25) is 0 Å². The van der Waals surface area contributed by atoms with Crippen molar-refractivity contribution in [2.75, 3.05) is 5.75 Å². The lowest BCUT2D eigenvalue weighted by Gasteiger charge is -2.01. The molecule has 0 aliphatic rings. The Morgan fingerprint density at radius 2 is 2.05 bits per heavy atom. The number of aromatic amines is 1. The van der Waals surface area contributed by atoms with Gasteiger partial charge >= 0.3 is 5.97 Å². The van der Waals surface area contributed by atoms with E-state index in [9.17, 15) is 9.59 Å². The summed E-state index contributed by atoms with van der Waals surface area (Å²) in [6.07, 6.45) is 1.95. The van der Waals surface area contributed by atoms with Crippen LogP contribution in [0, 0.1) is 0 Å². The molecule has 0 atom stereocenters. The summed E-state index contributed by atoms with van der Waals surface area (Å²) in [7, 11) is 0. The number of rotatable bonds is 5. The number of aromatic carboxylic acids is 1. The standard InChI is InChI=1S/C13H12N2O3S/c16-11-10(12(17)18)8-14-13(15-11)19-7-6-9-4-2-1-3-5-9/h1-5,8H,6-7H2,(H,17,18)(H,14,15,16). The topological polar surface area (TPSA) is 83.0 Å². The molecule has 0 amide bonds. The normalized spacial score (nSPS) is 10.3. The van der Waals surface area contributed by atoms with Crippen molar-refractivity contribution in [2.24, 2.45) is 0 Å². The molecule has 0 bridgehead atoms. The third kappa shape index (κ3) is 3.69. The summed E-state index contributed by atoms with van der Waals surface area (Å²) < 4.78 is 0. The molecule has 1 heterocycles. The smallest absolute Gasteiger partial charge is 0.342 e. The Morgan fingerprint density at radius 3 is 2.68 bits per heavy atom. The van der Waals surface area contributed by atoms with Gasteiger partial charge in [0.2, 0.25) is 0 Å². The second kappa shape index (κ2) is 6.19. The van der Waals surface area contributed by atoms with Gasteiger partial charge in [-0.3, -0.25) is 4.79 Å². The van der Waals surface area contributed by atoms with Crippen LogP contribution in [0.5, 0.6) is 0 Å². The van der Waals surface area contributed by atoms with Crippen molar-refractivity contribution in [1.82, 2.24) is 9.97 Å². The van der Waals surface area contributed by atoms with E-state index in [0.29, 0.717) is 5.16 Å². The van der Waals surface area contributed by atoms with Crippen LogP contribution in [0.4, 0.5) is 0 Å². The fraction of sp³-hybridized carbons (Fsp3) is 0.154. The zero-order chi connectivity index (χ0) is 13.7. The molecule has 0 saturated carbocycles. The second-order valence-corrected chi connectivity index (χ2v) is 4.90. The molecule has 2 aromatic rings. The van der Waals surface area contributed by atoms with Crippen LogP contribution in [0.15, 0.2) is 46.5 Å². The molecule has 0 radical (unpaired) electrons. The van der Waals surface area contributed by atoms with E-state index in [1.807, 2.05) is 30.3 Å². The van der Waals surface area contributed by atoms with Gasteiger partial charge in [-0.2, -0.15) is 0 Å². The predicted molar refractivity (Wildman–Crippen MR) is 72.7 cm³/mol. The van der Waals surface area contributed by atoms with Gasteiger partial charge in [0.15, 0.2) is 5.16 Å². The van der Waals surface area contributed by atoms with Crippen LogP contribution in [0.25, 0.3) is 0 Å². The number of aryl methyl sites for hydroxylation is 1. The molecule has 0 aliphatic heterocycles. The Labute approximate surface area is 113 Å². The van der Waals surface area contributed by atoms with E-state index in [2.05, 4.69) is 9.97 Å². The van der Waals surface area contributed by atoms with Crippen LogP contribution >= 0.6 is 11.8 Å². The fourth-order valence-corrected chi connectivity index (χ4v) is 2.34. The Bertz CT molecular complexity index is 625. The number of nitrogens with zero attached hydrogens (tertiary/aromatic N) is 1. The van der Waals surface area contributed by atoms with E-state index >= 15 is 0 Å². The van der Waals surface area contributed by atoms with Gasteiger partial charge in [0.1, 0.15) is 5.56 Å². The summed E-state index contributed by atoms with van der Waals surface area (Å²) >= 11 is 1.39. The zero-order valence-electron chi connectivity index (χ0n) is 10.00. The molecule has 0 aliphatic carbocycles. The Kier molecular flexibility index (Phi) is 4.35. The molecule has 98 valence electrons. The number of H-pyrrole nitrogens is 1. The van der Waals surface area contributed by atoms with Gasteiger partial charge in [-0.15, -0.1) is 0 Å². The van der Waals surface area contributed by atoms with E-state index in [0.717, 1.165) is 18.4 Å². The highest BCUT2D eigenvalue weighted by atomic mass is 32.2. The maximum atomic E-state index is 11.4. The number of hydrogen-bond donors (Lipinski definition) is 2. The highest BCUT2D eigenvalue weighted by Gasteiger charge is 2.09. The van der Waals surface area contributed by atoms with Crippen molar-refractivity contribution < 1.29 is 9.90 Å². The van der Waals surface area contributed by atoms with Crippen molar-refractivity contribution in [3.8, 4) is 0 Å². The number of carboxylic acid groups (broad SMARTS) is 1. The quantitative estimate of drug-likeness (QED) is 0.642. The van der Waals surface area contributed by atoms with Gasteiger partial charge in [0.25, 0.3) is 5.56 Å². The Hall–Kier alpha value is -2.08. The minimum absolute atomic E-state index is 0.340. The van der Waals surface area contributed by atoms with E-state index in [4.69, 9.17) is 5.11 Å². The molecule has 1 aromatic carbocycles. The lowest BCUT2D eigenvalue weighted by atomic mass is 10.2. The fourth-order valence-electron chi connectivity index (χ4n) is 1.51. The summed E-state index contributed by atoms with van der Waals surface area (Å²) in [5.74, 6) is -0.506. The molecule has 0 fully saturated rings. The number of benzene rings is 1. The van der Waals surface area contributed by atoms with Crippen LogP contribution in [0.1, 0.15) is 15.9 Å². The number of carbonyl (C=O) groups is 1. The summed E-state index contributed by atoms with van der Waals surface area (Å²) in [6.45, 7) is 0. The first kappa shape index (κ1) is 13.4. The largest absolute Gasteiger partial charge is 0.477 e. The van der Waals surface area contributed by atoms with Crippen molar-refractivity contribution in [2.45, 2.75) is 11.6 Å². The minimum atomic E-state index is -1.27. The van der Waals surface area contributed by atoms with Crippen molar-refractivity contribution in [1.29, 1.82) is 0 Å². The zero-order valence-corrected chi connectivity index (χ0v) is 10.8. The number of hydrogen-bond acceptors (Lipinski definition) is 4. The van der Waals surface area contributed by atoms with Crippen LogP contribution in [0.3, 0.4) is 0 Å². The third-order valence-electron chi connectivity index (χ3n) is 2.48. The van der Waals surface area contributed by atoms with E-state index in [1.165, 1.54) is 17.3 Å². The number of aromatic nitrogens is 2. The van der Waals surface area contributed by atoms with Gasteiger partial charge in [-0.1, -0.05) is 42.1 Å². The average molecular weight is 276 g/mol. The molecule has 6 heteroatoms. The first-order chi connectivity index (χ1) is 9.16. The Balaban J connectivity index is 1.95. The van der Waals surface area contributed by atoms with Crippen molar-refractivity contribution in [3.05, 3.63) is 58.0 Å². The monoisotopic (exact) mass is 276 g/mol. The van der Waals surface area contributed by atoms with Gasteiger partial charge in [0, 0.05) is 11.9 Å². The highest BCUT2D eigenvalue weighted by molar-refractivity contribution is 7.99. The van der Waals surface area contributed by atoms with Crippen LogP contribution < -0.4 is 5.56 Å². The van der Waals surface area contributed by atoms with E-state index in [-0.39, 0.29) is 5.56 Å². The van der Waals surface area contributed by atoms with Gasteiger partial charge in [-0.25, -0.2) is 9.78 Å². The molecule has 2 rings (SSSR count). The molecule has 0 unspecified atom stereocenters. The summed E-state index contributed by atoms with van der Waals surface area (Å²) in [5, 5.41) is 9.15. The molecular weight excluding hydrogens is 264 g/mol. The van der Waals surface area contributed by atoms with Gasteiger partial charge in [0.05, 0.1) is 0 Å². The first-order valence-corrected chi connectivity index (χ1v) is 6.64. The molecular formula is C13H12N2O3S. The van der Waals surface area contributed by atoms with Crippen LogP contribution in [-0.2, 0) is 6.42 Å². The maximum absolute atomic E-state index is 11.4. The summed E-state index contributed by atoms with van der Waals surface area (Å²) in [5.41, 5.74) is 0.247. The highest BCUT2D eigenvalue weighted by Crippen LogP contribution is 2.13. The number of thioether (sulfide) groups is 1. The molecule has 0 spiro atoms. The molecule has 19 heavy (non-hydrogen) atoms. The predicted octanol–water partition coefficient (Wildman–Crippen LogP) is 1.80. The third-order valence-corrected chi connectivity index (χ3v) is 3.37. The average Bonchev–Trinajstić information content (AvgIpc) is 2.39. The van der Waals surface area contributed by atoms with Gasteiger partial charge in [-0.05, 0) is 12.0 Å². The SMILES string of the molecule is O=C(O)c1cnc(SCCc2ccccc2)[nH]c1=O. The first-order valence-electron chi connectivity index (χ1n) is 5.66. The molecule has 1 aromatic heterocycles. The lowest BCUT2D eigenvalue weighted by Crippen LogP contribution is -2.18. The molecule has 5 nitrogen and oxygen atoms in total. The minimum Gasteiger partial charge on any atom is -0.477 e. The lowest BCUT2D eigenvalue weighted by molar-refractivity contribution is 0.0694. The Morgan fingerprint density at radius 1 is 1.32 bits per heavy atom. The van der Waals surface area contributed by atoms with Crippen molar-refractivity contribution >= 4 is 17.7 Å².